The van der Waals surface area contributed by atoms with E-state index in [9.17, 15) is 5.26 Å². The molecule has 16 heavy (non-hydrogen) atoms. The first-order valence-electron chi connectivity index (χ1n) is 5.05. The molecule has 3 rings (SSSR count). The zero-order valence-electron chi connectivity index (χ0n) is 8.53. The van der Waals surface area contributed by atoms with Gasteiger partial charge in [0.1, 0.15) is 5.41 Å². The Hall–Kier alpha value is -0.600. The second-order valence-electron chi connectivity index (χ2n) is 4.37. The quantitative estimate of drug-likeness (QED) is 0.814. The van der Waals surface area contributed by atoms with Crippen LogP contribution in [-0.4, -0.2) is 26.4 Å². The van der Waals surface area contributed by atoms with Gasteiger partial charge in [-0.1, -0.05) is 11.6 Å². The van der Waals surface area contributed by atoms with Crippen molar-refractivity contribution >= 4 is 22.9 Å². The summed E-state index contributed by atoms with van der Waals surface area (Å²) in [5.74, 6) is 0. The highest BCUT2D eigenvalue weighted by atomic mass is 35.5. The second kappa shape index (κ2) is 3.44. The van der Waals surface area contributed by atoms with Crippen LogP contribution in [0.5, 0.6) is 0 Å². The Kier molecular flexibility index (Phi) is 2.27. The summed E-state index contributed by atoms with van der Waals surface area (Å²) < 4.78 is 11.3. The van der Waals surface area contributed by atoms with E-state index in [0.29, 0.717) is 26.4 Å². The number of hydrogen-bond acceptors (Lipinski definition) is 4. The largest absolute Gasteiger partial charge is 0.379 e. The fraction of sp³-hybridized carbons (Fsp3) is 0.545. The molecule has 0 unspecified atom stereocenters. The first-order chi connectivity index (χ1) is 7.72. The van der Waals surface area contributed by atoms with Crippen LogP contribution in [0.3, 0.4) is 0 Å². The van der Waals surface area contributed by atoms with Crippen LogP contribution >= 0.6 is 22.9 Å². The Morgan fingerprint density at radius 3 is 2.25 bits per heavy atom. The first-order valence-corrected chi connectivity index (χ1v) is 6.24. The number of halogens is 1. The maximum atomic E-state index is 9.39. The van der Waals surface area contributed by atoms with Crippen molar-refractivity contribution < 1.29 is 9.47 Å². The monoisotopic (exact) mass is 255 g/mol. The number of thiophene rings is 1. The molecule has 2 fully saturated rings. The third kappa shape index (κ3) is 1.15. The highest BCUT2D eigenvalue weighted by molar-refractivity contribution is 7.16. The molecule has 3 nitrogen and oxygen atoms in total. The van der Waals surface area contributed by atoms with E-state index < -0.39 is 5.41 Å². The van der Waals surface area contributed by atoms with E-state index in [4.69, 9.17) is 21.1 Å². The molecule has 5 heteroatoms. The molecule has 0 aromatic carbocycles. The summed E-state index contributed by atoms with van der Waals surface area (Å²) in [6.45, 7) is 2.20. The van der Waals surface area contributed by atoms with Gasteiger partial charge in [0.25, 0.3) is 0 Å². The smallest absolute Gasteiger partial charge is 0.119 e. The molecular formula is C11H10ClNO2S. The molecule has 2 aliphatic rings. The van der Waals surface area contributed by atoms with Gasteiger partial charge in [0, 0.05) is 4.88 Å². The molecule has 1 aromatic heterocycles. The summed E-state index contributed by atoms with van der Waals surface area (Å²) in [4.78, 5) is 1.15. The van der Waals surface area contributed by atoms with Crippen LogP contribution in [0.2, 0.25) is 4.34 Å². The molecule has 0 aliphatic carbocycles. The van der Waals surface area contributed by atoms with E-state index in [1.165, 1.54) is 0 Å². The van der Waals surface area contributed by atoms with Crippen LogP contribution in [0, 0.1) is 16.7 Å². The third-order valence-electron chi connectivity index (χ3n) is 3.57. The summed E-state index contributed by atoms with van der Waals surface area (Å²) in [5, 5.41) is 9.39. The van der Waals surface area contributed by atoms with Crippen molar-refractivity contribution in [2.24, 2.45) is 5.41 Å². The molecule has 0 amide bonds. The van der Waals surface area contributed by atoms with Crippen LogP contribution in [0.25, 0.3) is 0 Å². The van der Waals surface area contributed by atoms with Gasteiger partial charge in [-0.25, -0.2) is 0 Å². The van der Waals surface area contributed by atoms with Crippen LogP contribution in [0.1, 0.15) is 4.88 Å². The number of rotatable bonds is 2. The molecule has 0 atom stereocenters. The fourth-order valence-electron chi connectivity index (χ4n) is 2.29. The van der Waals surface area contributed by atoms with E-state index >= 15 is 0 Å². The van der Waals surface area contributed by atoms with E-state index in [1.54, 1.807) is 11.3 Å². The number of hydrogen-bond donors (Lipinski definition) is 0. The Morgan fingerprint density at radius 1 is 1.25 bits per heavy atom. The lowest BCUT2D eigenvalue weighted by Gasteiger charge is -2.54. The van der Waals surface area contributed by atoms with Crippen molar-refractivity contribution in [3.8, 4) is 6.07 Å². The van der Waals surface area contributed by atoms with E-state index in [2.05, 4.69) is 6.07 Å². The topological polar surface area (TPSA) is 42.2 Å². The summed E-state index contributed by atoms with van der Waals surface area (Å²) in [7, 11) is 0. The van der Waals surface area contributed by atoms with Crippen LogP contribution < -0.4 is 0 Å². The molecular weight excluding hydrogens is 246 g/mol. The fourth-order valence-corrected chi connectivity index (χ4v) is 3.59. The van der Waals surface area contributed by atoms with Crippen molar-refractivity contribution in [3.63, 3.8) is 0 Å². The van der Waals surface area contributed by atoms with Crippen LogP contribution in [0.4, 0.5) is 0 Å². The minimum absolute atomic E-state index is 0.197. The zero-order chi connectivity index (χ0) is 11.2. The third-order valence-corrected chi connectivity index (χ3v) is 5.00. The Morgan fingerprint density at radius 2 is 1.94 bits per heavy atom. The maximum Gasteiger partial charge on any atom is 0.119 e. The van der Waals surface area contributed by atoms with Gasteiger partial charge >= 0.3 is 0 Å². The molecule has 0 radical (unpaired) electrons. The Labute approximate surface area is 103 Å². The zero-order valence-corrected chi connectivity index (χ0v) is 10.1. The molecule has 2 aliphatic heterocycles. The van der Waals surface area contributed by atoms with Crippen LogP contribution in [0.15, 0.2) is 12.1 Å². The molecule has 0 saturated carbocycles. The van der Waals surface area contributed by atoms with E-state index in [-0.39, 0.29) is 5.41 Å². The van der Waals surface area contributed by atoms with Gasteiger partial charge in [0.2, 0.25) is 0 Å². The van der Waals surface area contributed by atoms with Crippen LogP contribution in [-0.2, 0) is 14.9 Å². The normalized spacial score (nSPS) is 25.2. The van der Waals surface area contributed by atoms with E-state index in [0.717, 1.165) is 9.21 Å². The SMILES string of the molecule is N#CC1(C2(c3ccc(Cl)s3)COC2)COC1. The van der Waals surface area contributed by atoms with Gasteiger partial charge in [0.15, 0.2) is 0 Å². The average Bonchev–Trinajstić information content (AvgIpc) is 2.55. The lowest BCUT2D eigenvalue weighted by atomic mass is 9.60. The summed E-state index contributed by atoms with van der Waals surface area (Å²) >= 11 is 7.51. The van der Waals surface area contributed by atoms with Gasteiger partial charge in [-0.15, -0.1) is 11.3 Å². The molecule has 1 aromatic rings. The van der Waals surface area contributed by atoms with Gasteiger partial charge in [-0.2, -0.15) is 5.26 Å². The highest BCUT2D eigenvalue weighted by Gasteiger charge is 2.62. The lowest BCUT2D eigenvalue weighted by molar-refractivity contribution is -0.200. The predicted molar refractivity (Wildman–Crippen MR) is 60.7 cm³/mol. The molecule has 0 spiro atoms. The Bertz CT molecular complexity index is 457. The summed E-state index contributed by atoms with van der Waals surface area (Å²) in [5.41, 5.74) is -0.614. The summed E-state index contributed by atoms with van der Waals surface area (Å²) in [6.07, 6.45) is 0. The highest BCUT2D eigenvalue weighted by Crippen LogP contribution is 2.53. The molecule has 0 N–H and O–H groups in total. The minimum atomic E-state index is -0.417. The lowest BCUT2D eigenvalue weighted by Crippen LogP contribution is -2.65. The maximum absolute atomic E-state index is 9.39. The van der Waals surface area contributed by atoms with Gasteiger partial charge < -0.3 is 9.47 Å². The summed E-state index contributed by atoms with van der Waals surface area (Å²) in [6, 6.07) is 6.31. The second-order valence-corrected chi connectivity index (χ2v) is 6.08. The van der Waals surface area contributed by atoms with Crippen molar-refractivity contribution in [2.75, 3.05) is 26.4 Å². The Balaban J connectivity index is 2.04. The predicted octanol–water partition coefficient (Wildman–Crippen LogP) is 2.21. The van der Waals surface area contributed by atoms with Gasteiger partial charge in [-0.3, -0.25) is 0 Å². The van der Waals surface area contributed by atoms with Gasteiger partial charge in [-0.05, 0) is 12.1 Å². The molecule has 84 valence electrons. The number of nitrogens with zero attached hydrogens (tertiary/aromatic N) is 1. The molecule has 3 heterocycles. The van der Waals surface area contributed by atoms with Crippen molar-refractivity contribution in [3.05, 3.63) is 21.3 Å². The standard InChI is InChI=1S/C11H10ClNO2S/c12-9-2-1-8(16-9)11(6-15-7-11)10(3-13)4-14-5-10/h1-2H,4-7H2. The minimum Gasteiger partial charge on any atom is -0.379 e. The number of ether oxygens (including phenoxy) is 2. The van der Waals surface area contributed by atoms with Crippen molar-refractivity contribution in [1.29, 1.82) is 5.26 Å². The van der Waals surface area contributed by atoms with Crippen molar-refractivity contribution in [1.82, 2.24) is 0 Å². The first kappa shape index (κ1) is 10.5. The van der Waals surface area contributed by atoms with Crippen molar-refractivity contribution in [2.45, 2.75) is 5.41 Å². The average molecular weight is 256 g/mol. The van der Waals surface area contributed by atoms with E-state index in [1.807, 2.05) is 12.1 Å². The van der Waals surface area contributed by atoms with Gasteiger partial charge in [0.05, 0.1) is 42.2 Å². The molecule has 2 saturated heterocycles. The number of nitriles is 1. The molecule has 0 bridgehead atoms.